The van der Waals surface area contributed by atoms with Crippen LogP contribution in [0.15, 0.2) is 53.3 Å². The lowest BCUT2D eigenvalue weighted by Crippen LogP contribution is -2.39. The van der Waals surface area contributed by atoms with Crippen LogP contribution >= 0.6 is 0 Å². The van der Waals surface area contributed by atoms with Crippen molar-refractivity contribution in [3.8, 4) is 0 Å². The fourth-order valence-corrected chi connectivity index (χ4v) is 2.75. The van der Waals surface area contributed by atoms with Crippen molar-refractivity contribution in [3.05, 3.63) is 60.1 Å². The molecule has 1 amide bonds. The first-order valence-corrected chi connectivity index (χ1v) is 7.78. The van der Waals surface area contributed by atoms with Crippen LogP contribution in [-0.4, -0.2) is 30.1 Å². The number of nitrogens with zero attached hydrogens (tertiary/aromatic N) is 1. The van der Waals surface area contributed by atoms with Gasteiger partial charge in [0.2, 0.25) is 0 Å². The molecule has 0 spiro atoms. The van der Waals surface area contributed by atoms with E-state index in [-0.39, 0.29) is 12.0 Å². The highest BCUT2D eigenvalue weighted by Crippen LogP contribution is 2.17. The zero-order valence-corrected chi connectivity index (χ0v) is 12.6. The summed E-state index contributed by atoms with van der Waals surface area (Å²) in [6, 6.07) is 12.1. The molecule has 3 rings (SSSR count). The summed E-state index contributed by atoms with van der Waals surface area (Å²) in [4.78, 5) is 14.5. The molecule has 0 saturated carbocycles. The van der Waals surface area contributed by atoms with E-state index in [2.05, 4.69) is 12.1 Å². The predicted octanol–water partition coefficient (Wildman–Crippen LogP) is 3.03. The van der Waals surface area contributed by atoms with Crippen LogP contribution in [0.5, 0.6) is 0 Å². The van der Waals surface area contributed by atoms with Gasteiger partial charge < -0.3 is 14.1 Å². The SMILES string of the molecule is O=C([C@@H]1CCCO1)N(CCc1ccccc1)Cc1ccoc1. The van der Waals surface area contributed by atoms with Crippen LogP contribution in [0.4, 0.5) is 0 Å². The second-order valence-electron chi connectivity index (χ2n) is 5.63. The van der Waals surface area contributed by atoms with Crippen molar-refractivity contribution in [3.63, 3.8) is 0 Å². The van der Waals surface area contributed by atoms with Crippen molar-refractivity contribution in [1.82, 2.24) is 4.90 Å². The van der Waals surface area contributed by atoms with Crippen molar-refractivity contribution in [2.45, 2.75) is 31.9 Å². The number of carbonyl (C=O) groups is 1. The number of carbonyl (C=O) groups excluding carboxylic acids is 1. The van der Waals surface area contributed by atoms with Crippen LogP contribution in [0.25, 0.3) is 0 Å². The van der Waals surface area contributed by atoms with Gasteiger partial charge in [-0.1, -0.05) is 30.3 Å². The molecule has 2 aromatic rings. The van der Waals surface area contributed by atoms with Crippen molar-refractivity contribution in [2.24, 2.45) is 0 Å². The van der Waals surface area contributed by atoms with Gasteiger partial charge in [0.05, 0.1) is 12.5 Å². The van der Waals surface area contributed by atoms with Crippen molar-refractivity contribution >= 4 is 5.91 Å². The monoisotopic (exact) mass is 299 g/mol. The van der Waals surface area contributed by atoms with Crippen molar-refractivity contribution in [1.29, 1.82) is 0 Å². The topological polar surface area (TPSA) is 42.7 Å². The average Bonchev–Trinajstić information content (AvgIpc) is 3.25. The standard InChI is InChI=1S/C18H21NO3/c20-18(17-7-4-11-22-17)19(13-16-9-12-21-14-16)10-8-15-5-2-1-3-6-15/h1-3,5-6,9,12,14,17H,4,7-8,10-11,13H2/t17-/m0/s1. The fraction of sp³-hybridized carbons (Fsp3) is 0.389. The number of hydrogen-bond acceptors (Lipinski definition) is 3. The van der Waals surface area contributed by atoms with Gasteiger partial charge in [-0.05, 0) is 30.9 Å². The number of furan rings is 1. The third kappa shape index (κ3) is 3.77. The molecule has 4 heteroatoms. The third-order valence-corrected chi connectivity index (χ3v) is 3.98. The van der Waals surface area contributed by atoms with Gasteiger partial charge in [0, 0.05) is 25.3 Å². The molecule has 0 bridgehead atoms. The van der Waals surface area contributed by atoms with Gasteiger partial charge >= 0.3 is 0 Å². The van der Waals surface area contributed by atoms with E-state index >= 15 is 0 Å². The van der Waals surface area contributed by atoms with Gasteiger partial charge in [-0.3, -0.25) is 4.79 Å². The van der Waals surface area contributed by atoms with Crippen LogP contribution in [-0.2, 0) is 22.5 Å². The smallest absolute Gasteiger partial charge is 0.252 e. The molecule has 1 atom stereocenters. The minimum absolute atomic E-state index is 0.0923. The molecule has 1 aliphatic heterocycles. The maximum absolute atomic E-state index is 12.7. The predicted molar refractivity (Wildman–Crippen MR) is 83.2 cm³/mol. The second kappa shape index (κ2) is 7.27. The summed E-state index contributed by atoms with van der Waals surface area (Å²) < 4.78 is 10.7. The molecule has 1 aromatic heterocycles. The van der Waals surface area contributed by atoms with Gasteiger partial charge in [0.25, 0.3) is 5.91 Å². The third-order valence-electron chi connectivity index (χ3n) is 3.98. The van der Waals surface area contributed by atoms with Crippen molar-refractivity contribution < 1.29 is 13.9 Å². The molecule has 0 radical (unpaired) electrons. The summed E-state index contributed by atoms with van der Waals surface area (Å²) >= 11 is 0. The molecule has 1 saturated heterocycles. The Labute approximate surface area is 130 Å². The summed E-state index contributed by atoms with van der Waals surface area (Å²) in [6.45, 7) is 1.95. The number of ether oxygens (including phenoxy) is 1. The summed E-state index contributed by atoms with van der Waals surface area (Å²) in [6.07, 6.45) is 5.69. The Kier molecular flexibility index (Phi) is 4.91. The van der Waals surface area contributed by atoms with Crippen LogP contribution in [0.2, 0.25) is 0 Å². The molecule has 116 valence electrons. The second-order valence-corrected chi connectivity index (χ2v) is 5.63. The molecule has 22 heavy (non-hydrogen) atoms. The first kappa shape index (κ1) is 14.9. The Morgan fingerprint density at radius 1 is 1.18 bits per heavy atom. The molecular weight excluding hydrogens is 278 g/mol. The highest BCUT2D eigenvalue weighted by molar-refractivity contribution is 5.81. The fourth-order valence-electron chi connectivity index (χ4n) is 2.75. The quantitative estimate of drug-likeness (QED) is 0.823. The molecule has 1 fully saturated rings. The van der Waals surface area contributed by atoms with E-state index in [0.29, 0.717) is 19.7 Å². The lowest BCUT2D eigenvalue weighted by atomic mass is 10.1. The van der Waals surface area contributed by atoms with Gasteiger partial charge in [-0.2, -0.15) is 0 Å². The Balaban J connectivity index is 1.66. The van der Waals surface area contributed by atoms with Gasteiger partial charge in [0.1, 0.15) is 6.10 Å². The number of rotatable bonds is 6. The average molecular weight is 299 g/mol. The largest absolute Gasteiger partial charge is 0.472 e. The lowest BCUT2D eigenvalue weighted by molar-refractivity contribution is -0.141. The normalized spacial score (nSPS) is 17.5. The molecule has 0 aliphatic carbocycles. The van der Waals surface area contributed by atoms with Gasteiger partial charge in [-0.15, -0.1) is 0 Å². The highest BCUT2D eigenvalue weighted by Gasteiger charge is 2.28. The van der Waals surface area contributed by atoms with E-state index in [1.54, 1.807) is 12.5 Å². The first-order valence-electron chi connectivity index (χ1n) is 7.78. The minimum Gasteiger partial charge on any atom is -0.472 e. The molecule has 1 aromatic carbocycles. The number of amides is 1. The van der Waals surface area contributed by atoms with E-state index in [0.717, 1.165) is 24.8 Å². The molecule has 2 heterocycles. The summed E-state index contributed by atoms with van der Waals surface area (Å²) in [5.74, 6) is 0.0923. The van der Waals surface area contributed by atoms with Crippen LogP contribution in [0, 0.1) is 0 Å². The molecule has 0 unspecified atom stereocenters. The van der Waals surface area contributed by atoms with E-state index < -0.39 is 0 Å². The maximum atomic E-state index is 12.7. The van der Waals surface area contributed by atoms with Crippen molar-refractivity contribution in [2.75, 3.05) is 13.2 Å². The molecule has 4 nitrogen and oxygen atoms in total. The number of hydrogen-bond donors (Lipinski definition) is 0. The van der Waals surface area contributed by atoms with Crippen LogP contribution in [0.1, 0.15) is 24.0 Å². The van der Waals surface area contributed by atoms with Gasteiger partial charge in [0.15, 0.2) is 0 Å². The number of benzene rings is 1. The summed E-state index contributed by atoms with van der Waals surface area (Å²) in [5, 5.41) is 0. The summed E-state index contributed by atoms with van der Waals surface area (Å²) in [7, 11) is 0. The van der Waals surface area contributed by atoms with E-state index in [1.807, 2.05) is 29.2 Å². The Morgan fingerprint density at radius 3 is 2.73 bits per heavy atom. The van der Waals surface area contributed by atoms with Crippen LogP contribution < -0.4 is 0 Å². The Morgan fingerprint density at radius 2 is 2.05 bits per heavy atom. The molecule has 0 N–H and O–H groups in total. The van der Waals surface area contributed by atoms with E-state index in [1.165, 1.54) is 5.56 Å². The Bertz CT molecular complexity index is 574. The van der Waals surface area contributed by atoms with Crippen LogP contribution in [0.3, 0.4) is 0 Å². The minimum atomic E-state index is -0.275. The molecule has 1 aliphatic rings. The zero-order valence-electron chi connectivity index (χ0n) is 12.6. The molecular formula is C18H21NO3. The Hall–Kier alpha value is -2.07. The lowest BCUT2D eigenvalue weighted by Gasteiger charge is -2.25. The zero-order chi connectivity index (χ0) is 15.2. The van der Waals surface area contributed by atoms with Gasteiger partial charge in [-0.25, -0.2) is 0 Å². The van der Waals surface area contributed by atoms with E-state index in [4.69, 9.17) is 9.15 Å². The summed E-state index contributed by atoms with van der Waals surface area (Å²) in [5.41, 5.74) is 2.25. The maximum Gasteiger partial charge on any atom is 0.252 e. The first-order chi connectivity index (χ1) is 10.8. The van der Waals surface area contributed by atoms with E-state index in [9.17, 15) is 4.79 Å². The highest BCUT2D eigenvalue weighted by atomic mass is 16.5.